The standard InChI is InChI=1S/C9H7ClS/c1-6-4-7-2-3-11-9(7)8(10)5-6/h2-5H,1H3. The molecule has 0 N–H and O–H groups in total. The number of halogens is 1. The van der Waals surface area contributed by atoms with Gasteiger partial charge in [0.15, 0.2) is 0 Å². The van der Waals surface area contributed by atoms with Crippen LogP contribution in [0.3, 0.4) is 0 Å². The minimum absolute atomic E-state index is 0.870. The van der Waals surface area contributed by atoms with Crippen molar-refractivity contribution in [3.05, 3.63) is 34.2 Å². The lowest BCUT2D eigenvalue weighted by Gasteiger charge is -1.95. The van der Waals surface area contributed by atoms with E-state index in [1.54, 1.807) is 11.3 Å². The zero-order valence-corrected chi connectivity index (χ0v) is 7.67. The van der Waals surface area contributed by atoms with E-state index in [1.807, 2.05) is 6.07 Å². The molecule has 0 saturated heterocycles. The molecule has 56 valence electrons. The highest BCUT2D eigenvalue weighted by Crippen LogP contribution is 2.29. The molecule has 0 saturated carbocycles. The summed E-state index contributed by atoms with van der Waals surface area (Å²) in [6.07, 6.45) is 0. The number of benzene rings is 1. The SMILES string of the molecule is Cc1cc(Cl)c2sccc2c1. The molecular formula is C9H7ClS. The van der Waals surface area contributed by atoms with Gasteiger partial charge in [0.1, 0.15) is 0 Å². The Balaban J connectivity index is 2.91. The first kappa shape index (κ1) is 7.14. The van der Waals surface area contributed by atoms with Crippen molar-refractivity contribution in [1.29, 1.82) is 0 Å². The lowest BCUT2D eigenvalue weighted by Crippen LogP contribution is -1.70. The Kier molecular flexibility index (Phi) is 1.63. The maximum absolute atomic E-state index is 6.01. The van der Waals surface area contributed by atoms with Gasteiger partial charge in [-0.25, -0.2) is 0 Å². The number of aryl methyl sites for hydroxylation is 1. The summed E-state index contributed by atoms with van der Waals surface area (Å²) in [5, 5.41) is 4.19. The Morgan fingerprint density at radius 1 is 1.36 bits per heavy atom. The Hall–Kier alpha value is -0.530. The van der Waals surface area contributed by atoms with Crippen LogP contribution in [0.15, 0.2) is 23.6 Å². The fourth-order valence-corrected chi connectivity index (χ4v) is 2.38. The lowest BCUT2D eigenvalue weighted by atomic mass is 10.2. The van der Waals surface area contributed by atoms with Crippen LogP contribution in [0.4, 0.5) is 0 Å². The van der Waals surface area contributed by atoms with Crippen molar-refractivity contribution >= 4 is 33.0 Å². The molecule has 2 rings (SSSR count). The average Bonchev–Trinajstić information content (AvgIpc) is 2.34. The molecule has 0 unspecified atom stereocenters. The summed E-state index contributed by atoms with van der Waals surface area (Å²) in [4.78, 5) is 0. The van der Waals surface area contributed by atoms with Gasteiger partial charge in [-0.1, -0.05) is 17.7 Å². The van der Waals surface area contributed by atoms with Crippen LogP contribution in [0, 0.1) is 6.92 Å². The average molecular weight is 183 g/mol. The van der Waals surface area contributed by atoms with Crippen molar-refractivity contribution in [1.82, 2.24) is 0 Å². The summed E-state index contributed by atoms with van der Waals surface area (Å²) in [7, 11) is 0. The summed E-state index contributed by atoms with van der Waals surface area (Å²) < 4.78 is 1.19. The first-order valence-electron chi connectivity index (χ1n) is 3.41. The fraction of sp³-hybridized carbons (Fsp3) is 0.111. The molecule has 11 heavy (non-hydrogen) atoms. The van der Waals surface area contributed by atoms with E-state index in [0.717, 1.165) is 5.02 Å². The predicted octanol–water partition coefficient (Wildman–Crippen LogP) is 3.86. The monoisotopic (exact) mass is 182 g/mol. The summed E-state index contributed by atoms with van der Waals surface area (Å²) in [6, 6.07) is 6.25. The van der Waals surface area contributed by atoms with Crippen molar-refractivity contribution in [3.63, 3.8) is 0 Å². The predicted molar refractivity (Wildman–Crippen MR) is 51.6 cm³/mol. The van der Waals surface area contributed by atoms with Gasteiger partial charge in [-0.15, -0.1) is 11.3 Å². The number of rotatable bonds is 0. The van der Waals surface area contributed by atoms with Gasteiger partial charge in [-0.05, 0) is 35.4 Å². The minimum Gasteiger partial charge on any atom is -0.142 e. The van der Waals surface area contributed by atoms with Crippen molar-refractivity contribution in [3.8, 4) is 0 Å². The Morgan fingerprint density at radius 3 is 3.00 bits per heavy atom. The number of thiophene rings is 1. The van der Waals surface area contributed by atoms with E-state index in [9.17, 15) is 0 Å². The molecule has 0 aliphatic heterocycles. The normalized spacial score (nSPS) is 10.7. The maximum atomic E-state index is 6.01. The van der Waals surface area contributed by atoms with Gasteiger partial charge in [0.05, 0.1) is 9.72 Å². The fourth-order valence-electron chi connectivity index (χ4n) is 1.18. The van der Waals surface area contributed by atoms with Crippen molar-refractivity contribution in [2.75, 3.05) is 0 Å². The van der Waals surface area contributed by atoms with Gasteiger partial charge in [0.2, 0.25) is 0 Å². The van der Waals surface area contributed by atoms with Crippen LogP contribution in [-0.4, -0.2) is 0 Å². The van der Waals surface area contributed by atoms with Crippen LogP contribution in [0.5, 0.6) is 0 Å². The summed E-state index contributed by atoms with van der Waals surface area (Å²) in [5.41, 5.74) is 1.22. The molecule has 0 fully saturated rings. The highest BCUT2D eigenvalue weighted by molar-refractivity contribution is 7.17. The van der Waals surface area contributed by atoms with Gasteiger partial charge in [0, 0.05) is 0 Å². The number of fused-ring (bicyclic) bond motifs is 1. The second-order valence-electron chi connectivity index (χ2n) is 2.59. The van der Waals surface area contributed by atoms with Crippen LogP contribution < -0.4 is 0 Å². The second-order valence-corrected chi connectivity index (χ2v) is 3.91. The molecule has 2 heteroatoms. The zero-order chi connectivity index (χ0) is 7.84. The van der Waals surface area contributed by atoms with Crippen LogP contribution in [0.1, 0.15) is 5.56 Å². The van der Waals surface area contributed by atoms with E-state index in [-0.39, 0.29) is 0 Å². The quantitative estimate of drug-likeness (QED) is 0.581. The zero-order valence-electron chi connectivity index (χ0n) is 6.10. The molecular weight excluding hydrogens is 176 g/mol. The van der Waals surface area contributed by atoms with Crippen LogP contribution >= 0.6 is 22.9 Å². The molecule has 0 bridgehead atoms. The molecule has 0 amide bonds. The molecule has 1 aromatic heterocycles. The maximum Gasteiger partial charge on any atom is 0.0586 e. The third kappa shape index (κ3) is 1.15. The Morgan fingerprint density at radius 2 is 2.18 bits per heavy atom. The van der Waals surface area contributed by atoms with Gasteiger partial charge < -0.3 is 0 Å². The second kappa shape index (κ2) is 2.50. The highest BCUT2D eigenvalue weighted by Gasteiger charge is 1.99. The largest absolute Gasteiger partial charge is 0.142 e. The topological polar surface area (TPSA) is 0 Å². The molecule has 2 aromatic rings. The van der Waals surface area contributed by atoms with E-state index in [1.165, 1.54) is 15.6 Å². The highest BCUT2D eigenvalue weighted by atomic mass is 35.5. The molecule has 0 aliphatic carbocycles. The molecule has 1 heterocycles. The van der Waals surface area contributed by atoms with E-state index < -0.39 is 0 Å². The molecule has 0 spiro atoms. The lowest BCUT2D eigenvalue weighted by molar-refractivity contribution is 1.51. The molecule has 1 aromatic carbocycles. The van der Waals surface area contributed by atoms with Gasteiger partial charge in [-0.3, -0.25) is 0 Å². The molecule has 0 atom stereocenters. The van der Waals surface area contributed by atoms with Gasteiger partial charge >= 0.3 is 0 Å². The van der Waals surface area contributed by atoms with Gasteiger partial charge in [-0.2, -0.15) is 0 Å². The third-order valence-corrected chi connectivity index (χ3v) is 3.02. The smallest absolute Gasteiger partial charge is 0.0586 e. The van der Waals surface area contributed by atoms with Crippen molar-refractivity contribution in [2.24, 2.45) is 0 Å². The van der Waals surface area contributed by atoms with Crippen LogP contribution in [0.25, 0.3) is 10.1 Å². The number of hydrogen-bond acceptors (Lipinski definition) is 1. The van der Waals surface area contributed by atoms with Crippen molar-refractivity contribution < 1.29 is 0 Å². The third-order valence-electron chi connectivity index (χ3n) is 1.65. The Labute approximate surface area is 74.4 Å². The molecule has 0 aliphatic rings. The first-order valence-corrected chi connectivity index (χ1v) is 4.66. The van der Waals surface area contributed by atoms with E-state index in [4.69, 9.17) is 11.6 Å². The summed E-state index contributed by atoms with van der Waals surface area (Å²) in [5.74, 6) is 0. The summed E-state index contributed by atoms with van der Waals surface area (Å²) in [6.45, 7) is 2.06. The van der Waals surface area contributed by atoms with Crippen LogP contribution in [-0.2, 0) is 0 Å². The summed E-state index contributed by atoms with van der Waals surface area (Å²) >= 11 is 7.70. The molecule has 0 nitrogen and oxygen atoms in total. The minimum atomic E-state index is 0.870. The van der Waals surface area contributed by atoms with E-state index in [2.05, 4.69) is 24.4 Å². The number of hydrogen-bond donors (Lipinski definition) is 0. The first-order chi connectivity index (χ1) is 5.27. The Bertz CT molecular complexity index is 389. The van der Waals surface area contributed by atoms with Gasteiger partial charge in [0.25, 0.3) is 0 Å². The van der Waals surface area contributed by atoms with Crippen molar-refractivity contribution in [2.45, 2.75) is 6.92 Å². The van der Waals surface area contributed by atoms with E-state index in [0.29, 0.717) is 0 Å². The van der Waals surface area contributed by atoms with Crippen LogP contribution in [0.2, 0.25) is 5.02 Å². The molecule has 0 radical (unpaired) electrons. The van der Waals surface area contributed by atoms with E-state index >= 15 is 0 Å².